The van der Waals surface area contributed by atoms with E-state index >= 15 is 0 Å². The quantitative estimate of drug-likeness (QED) is 0.623. The molecule has 2 aromatic rings. The van der Waals surface area contributed by atoms with Crippen LogP contribution in [-0.2, 0) is 9.84 Å². The predicted octanol–water partition coefficient (Wildman–Crippen LogP) is 4.98. The van der Waals surface area contributed by atoms with Crippen LogP contribution in [0.3, 0.4) is 0 Å². The first-order valence-electron chi connectivity index (χ1n) is 9.10. The molecule has 0 aliphatic heterocycles. The molecule has 0 bridgehead atoms. The zero-order valence-corrected chi connectivity index (χ0v) is 17.7. The Hall–Kier alpha value is -1.73. The number of hydrogen-bond acceptors (Lipinski definition) is 4. The van der Waals surface area contributed by atoms with E-state index in [0.29, 0.717) is 0 Å². The Morgan fingerprint density at radius 1 is 1.19 bits per heavy atom. The molecule has 2 rings (SSSR count). The van der Waals surface area contributed by atoms with Crippen LogP contribution in [0.1, 0.15) is 61.8 Å². The number of benzene rings is 1. The lowest BCUT2D eigenvalue weighted by atomic mass is 9.92. The number of hydrogen-bond donors (Lipinski definition) is 1. The highest BCUT2D eigenvalue weighted by atomic mass is 32.2. The fourth-order valence-corrected chi connectivity index (χ4v) is 4.95. The van der Waals surface area contributed by atoms with Crippen LogP contribution in [0.4, 0.5) is 4.39 Å². The smallest absolute Gasteiger partial charge is 0.254 e. The first-order valence-corrected chi connectivity index (χ1v) is 11.5. The van der Waals surface area contributed by atoms with Crippen molar-refractivity contribution in [1.29, 1.82) is 0 Å². The molecular formula is C20H26FNO3S2. The van der Waals surface area contributed by atoms with Crippen molar-refractivity contribution in [3.63, 3.8) is 0 Å². The zero-order chi connectivity index (χ0) is 20.2. The van der Waals surface area contributed by atoms with Gasteiger partial charge in [0.1, 0.15) is 5.82 Å². The van der Waals surface area contributed by atoms with Crippen molar-refractivity contribution in [2.45, 2.75) is 56.7 Å². The van der Waals surface area contributed by atoms with Gasteiger partial charge in [0.25, 0.3) is 5.91 Å². The third-order valence-corrected chi connectivity index (χ3v) is 7.90. The van der Waals surface area contributed by atoms with Gasteiger partial charge in [0.15, 0.2) is 9.84 Å². The van der Waals surface area contributed by atoms with Crippen LogP contribution in [0, 0.1) is 11.7 Å². The summed E-state index contributed by atoms with van der Waals surface area (Å²) in [7, 11) is -3.59. The van der Waals surface area contributed by atoms with Crippen molar-refractivity contribution in [2.24, 2.45) is 5.92 Å². The number of sulfone groups is 1. The SMILES string of the molecule is CCC(CC)C(NC(=O)c1cc(S(=O)(=O)C(C)C)ccc1F)c1cccs1. The highest BCUT2D eigenvalue weighted by Crippen LogP contribution is 2.31. The molecule has 1 heterocycles. The van der Waals surface area contributed by atoms with Crippen LogP contribution in [0.25, 0.3) is 0 Å². The summed E-state index contributed by atoms with van der Waals surface area (Å²) >= 11 is 1.54. The number of halogens is 1. The molecule has 27 heavy (non-hydrogen) atoms. The van der Waals surface area contributed by atoms with E-state index in [1.165, 1.54) is 17.4 Å². The average Bonchev–Trinajstić information content (AvgIpc) is 3.16. The van der Waals surface area contributed by atoms with Gasteiger partial charge in [-0.1, -0.05) is 32.8 Å². The van der Waals surface area contributed by atoms with E-state index < -0.39 is 26.8 Å². The molecule has 7 heteroatoms. The second kappa shape index (κ2) is 8.97. The molecule has 1 aromatic carbocycles. The summed E-state index contributed by atoms with van der Waals surface area (Å²) in [6.07, 6.45) is 1.73. The van der Waals surface area contributed by atoms with Crippen molar-refractivity contribution < 1.29 is 17.6 Å². The van der Waals surface area contributed by atoms with Crippen LogP contribution >= 0.6 is 11.3 Å². The van der Waals surface area contributed by atoms with E-state index in [2.05, 4.69) is 19.2 Å². The van der Waals surface area contributed by atoms with E-state index in [-0.39, 0.29) is 22.4 Å². The van der Waals surface area contributed by atoms with Crippen LogP contribution in [-0.4, -0.2) is 19.6 Å². The summed E-state index contributed by atoms with van der Waals surface area (Å²) < 4.78 is 39.1. The van der Waals surface area contributed by atoms with Crippen molar-refractivity contribution in [3.05, 3.63) is 52.0 Å². The van der Waals surface area contributed by atoms with E-state index in [1.807, 2.05) is 17.5 Å². The lowest BCUT2D eigenvalue weighted by Crippen LogP contribution is -2.33. The van der Waals surface area contributed by atoms with Gasteiger partial charge in [0, 0.05) is 4.88 Å². The Bertz CT molecular complexity index is 873. The summed E-state index contributed by atoms with van der Waals surface area (Å²) in [6, 6.07) is 7.01. The second-order valence-corrected chi connectivity index (χ2v) is 10.3. The minimum atomic E-state index is -3.59. The van der Waals surface area contributed by atoms with Gasteiger partial charge in [-0.25, -0.2) is 12.8 Å². The Morgan fingerprint density at radius 3 is 2.37 bits per heavy atom. The summed E-state index contributed by atoms with van der Waals surface area (Å²) in [5.41, 5.74) is -0.246. The molecule has 148 valence electrons. The highest BCUT2D eigenvalue weighted by molar-refractivity contribution is 7.92. The lowest BCUT2D eigenvalue weighted by molar-refractivity contribution is 0.0916. The Kier molecular flexibility index (Phi) is 7.17. The third kappa shape index (κ3) is 4.76. The van der Waals surface area contributed by atoms with Gasteiger partial charge in [-0.15, -0.1) is 11.3 Å². The molecule has 0 fully saturated rings. The number of thiophene rings is 1. The fraction of sp³-hybridized carbons (Fsp3) is 0.450. The van der Waals surface area contributed by atoms with Crippen molar-refractivity contribution in [2.75, 3.05) is 0 Å². The molecule has 1 amide bonds. The maximum absolute atomic E-state index is 14.3. The molecule has 0 saturated heterocycles. The normalized spacial score (nSPS) is 13.1. The number of rotatable bonds is 8. The molecule has 1 N–H and O–H groups in total. The first kappa shape index (κ1) is 21.6. The van der Waals surface area contributed by atoms with Crippen LogP contribution in [0.5, 0.6) is 0 Å². The zero-order valence-electron chi connectivity index (χ0n) is 16.0. The molecule has 1 atom stereocenters. The molecular weight excluding hydrogens is 385 g/mol. The maximum Gasteiger partial charge on any atom is 0.254 e. The average molecular weight is 412 g/mol. The number of nitrogens with one attached hydrogen (secondary N) is 1. The summed E-state index contributed by atoms with van der Waals surface area (Å²) in [4.78, 5) is 13.8. The number of amides is 1. The summed E-state index contributed by atoms with van der Waals surface area (Å²) in [5.74, 6) is -1.12. The van der Waals surface area contributed by atoms with Gasteiger partial charge in [0.2, 0.25) is 0 Å². The molecule has 0 aliphatic carbocycles. The van der Waals surface area contributed by atoms with Crippen molar-refractivity contribution >= 4 is 27.1 Å². The highest BCUT2D eigenvalue weighted by Gasteiger charge is 2.27. The third-order valence-electron chi connectivity index (χ3n) is 4.79. The Labute approximate surface area is 164 Å². The van der Waals surface area contributed by atoms with E-state index in [0.717, 1.165) is 29.9 Å². The molecule has 0 aliphatic rings. The monoisotopic (exact) mass is 411 g/mol. The molecule has 0 saturated carbocycles. The maximum atomic E-state index is 14.3. The van der Waals surface area contributed by atoms with Gasteiger partial charge in [-0.3, -0.25) is 4.79 Å². The van der Waals surface area contributed by atoms with Gasteiger partial charge in [-0.05, 0) is 49.4 Å². The van der Waals surface area contributed by atoms with Crippen LogP contribution < -0.4 is 5.32 Å². The number of carbonyl (C=O) groups is 1. The van der Waals surface area contributed by atoms with E-state index in [1.54, 1.807) is 13.8 Å². The Morgan fingerprint density at radius 2 is 1.85 bits per heavy atom. The largest absolute Gasteiger partial charge is 0.344 e. The Balaban J connectivity index is 2.38. The van der Waals surface area contributed by atoms with Gasteiger partial charge in [0.05, 0.1) is 21.8 Å². The van der Waals surface area contributed by atoms with Crippen molar-refractivity contribution in [1.82, 2.24) is 5.32 Å². The summed E-state index contributed by atoms with van der Waals surface area (Å²) in [6.45, 7) is 7.21. The van der Waals surface area contributed by atoms with Crippen LogP contribution in [0.15, 0.2) is 40.6 Å². The van der Waals surface area contributed by atoms with Gasteiger partial charge in [-0.2, -0.15) is 0 Å². The lowest BCUT2D eigenvalue weighted by Gasteiger charge is -2.26. The summed E-state index contributed by atoms with van der Waals surface area (Å²) in [5, 5.41) is 4.21. The minimum Gasteiger partial charge on any atom is -0.344 e. The second-order valence-electron chi connectivity index (χ2n) is 6.78. The molecule has 1 aromatic heterocycles. The molecule has 0 radical (unpaired) electrons. The predicted molar refractivity (Wildman–Crippen MR) is 107 cm³/mol. The first-order chi connectivity index (χ1) is 12.7. The van der Waals surface area contributed by atoms with Crippen molar-refractivity contribution in [3.8, 4) is 0 Å². The van der Waals surface area contributed by atoms with Gasteiger partial charge >= 0.3 is 0 Å². The molecule has 4 nitrogen and oxygen atoms in total. The molecule has 1 unspecified atom stereocenters. The molecule has 0 spiro atoms. The van der Waals surface area contributed by atoms with E-state index in [4.69, 9.17) is 0 Å². The number of carbonyl (C=O) groups excluding carboxylic acids is 1. The fourth-order valence-electron chi connectivity index (χ4n) is 3.00. The standard InChI is InChI=1S/C20H26FNO3S2/c1-5-14(6-2)19(18-8-7-11-26-18)22-20(23)16-12-15(9-10-17(16)21)27(24,25)13(3)4/h7-14,19H,5-6H2,1-4H3,(H,22,23). The van der Waals surface area contributed by atoms with Gasteiger partial charge < -0.3 is 5.32 Å². The van der Waals surface area contributed by atoms with Crippen LogP contribution in [0.2, 0.25) is 0 Å². The van der Waals surface area contributed by atoms with E-state index in [9.17, 15) is 17.6 Å². The minimum absolute atomic E-state index is 0.0424. The topological polar surface area (TPSA) is 63.2 Å².